The van der Waals surface area contributed by atoms with Gasteiger partial charge in [-0.1, -0.05) is 37.6 Å². The van der Waals surface area contributed by atoms with E-state index in [2.05, 4.69) is 0 Å². The summed E-state index contributed by atoms with van der Waals surface area (Å²) in [6, 6.07) is 6.28. The molecule has 1 aromatic rings. The first-order chi connectivity index (χ1) is 11.9. The minimum Gasteiger partial charge on any atom is -0.457 e. The van der Waals surface area contributed by atoms with Gasteiger partial charge in [0.25, 0.3) is 0 Å². The van der Waals surface area contributed by atoms with Crippen molar-refractivity contribution in [1.29, 1.82) is 0 Å². The zero-order valence-corrected chi connectivity index (χ0v) is 17.3. The lowest BCUT2D eigenvalue weighted by atomic mass is 9.98. The number of sulfonamides is 1. The molecule has 0 unspecified atom stereocenters. The molecule has 0 radical (unpaired) electrons. The van der Waals surface area contributed by atoms with Crippen LogP contribution in [0.4, 0.5) is 0 Å². The summed E-state index contributed by atoms with van der Waals surface area (Å²) in [7, 11) is -3.69. The van der Waals surface area contributed by atoms with Crippen molar-refractivity contribution in [1.82, 2.24) is 4.31 Å². The molecular weight excluding hydrogens is 350 g/mol. The van der Waals surface area contributed by atoms with E-state index in [9.17, 15) is 13.2 Å². The van der Waals surface area contributed by atoms with Gasteiger partial charge in [-0.2, -0.15) is 4.31 Å². The quantitative estimate of drug-likeness (QED) is 0.732. The smallest absolute Gasteiger partial charge is 0.335 e. The predicted molar refractivity (Wildman–Crippen MR) is 102 cm³/mol. The van der Waals surface area contributed by atoms with Gasteiger partial charge in [-0.3, -0.25) is 0 Å². The molecular formula is C20H29NO4S. The van der Waals surface area contributed by atoms with Gasteiger partial charge in [-0.25, -0.2) is 13.2 Å². The van der Waals surface area contributed by atoms with E-state index >= 15 is 0 Å². The molecule has 1 atom stereocenters. The fourth-order valence-electron chi connectivity index (χ4n) is 2.97. The summed E-state index contributed by atoms with van der Waals surface area (Å²) in [6.07, 6.45) is 2.25. The van der Waals surface area contributed by atoms with E-state index in [0.29, 0.717) is 12.0 Å². The maximum atomic E-state index is 13.1. The van der Waals surface area contributed by atoms with Gasteiger partial charge in [0.2, 0.25) is 10.0 Å². The van der Waals surface area contributed by atoms with E-state index in [4.69, 9.17) is 4.74 Å². The average Bonchev–Trinajstić information content (AvgIpc) is 2.89. The summed E-state index contributed by atoms with van der Waals surface area (Å²) < 4.78 is 33.2. The SMILES string of the molecule is Cc1ccc(S(=O)(=O)N2CC=C(C(=O)OC(C)(C)C)[C@@H]2CC(C)C)cc1. The highest BCUT2D eigenvalue weighted by Gasteiger charge is 2.40. The van der Waals surface area contributed by atoms with Crippen LogP contribution in [0.15, 0.2) is 40.8 Å². The minimum atomic E-state index is -3.69. The Morgan fingerprint density at radius 2 is 1.81 bits per heavy atom. The Morgan fingerprint density at radius 3 is 2.31 bits per heavy atom. The molecule has 2 rings (SSSR count). The van der Waals surface area contributed by atoms with Crippen molar-refractivity contribution in [2.45, 2.75) is 64.5 Å². The maximum Gasteiger partial charge on any atom is 0.335 e. The number of hydrogen-bond acceptors (Lipinski definition) is 4. The maximum absolute atomic E-state index is 13.1. The number of rotatable bonds is 5. The molecule has 0 aromatic heterocycles. The zero-order chi connectivity index (χ0) is 19.7. The standard InChI is InChI=1S/C20H29NO4S/c1-14(2)13-18-17(19(22)25-20(4,5)6)11-12-21(18)26(23,24)16-9-7-15(3)8-10-16/h7-11,14,18H,12-13H2,1-6H3/t18-/m0/s1. The third-order valence-corrected chi connectivity index (χ3v) is 6.04. The summed E-state index contributed by atoms with van der Waals surface area (Å²) in [5.41, 5.74) is 0.810. The second-order valence-corrected chi connectivity index (χ2v) is 10.1. The topological polar surface area (TPSA) is 63.7 Å². The molecule has 5 nitrogen and oxygen atoms in total. The summed E-state index contributed by atoms with van der Waals surface area (Å²) in [4.78, 5) is 12.8. The Labute approximate surface area is 157 Å². The monoisotopic (exact) mass is 379 g/mol. The number of carbonyl (C=O) groups is 1. The van der Waals surface area contributed by atoms with Gasteiger partial charge < -0.3 is 4.74 Å². The van der Waals surface area contributed by atoms with Crippen molar-refractivity contribution < 1.29 is 17.9 Å². The lowest BCUT2D eigenvalue weighted by molar-refractivity contribution is -0.150. The van der Waals surface area contributed by atoms with Crippen LogP contribution in [0.5, 0.6) is 0 Å². The second kappa shape index (κ2) is 7.53. The van der Waals surface area contributed by atoms with Crippen LogP contribution in [0, 0.1) is 12.8 Å². The van der Waals surface area contributed by atoms with Crippen molar-refractivity contribution in [2.75, 3.05) is 6.54 Å². The van der Waals surface area contributed by atoms with Gasteiger partial charge >= 0.3 is 5.97 Å². The third kappa shape index (κ3) is 4.74. The van der Waals surface area contributed by atoms with Crippen molar-refractivity contribution in [2.24, 2.45) is 5.92 Å². The Morgan fingerprint density at radius 1 is 1.23 bits per heavy atom. The van der Waals surface area contributed by atoms with Crippen molar-refractivity contribution >= 4 is 16.0 Å². The van der Waals surface area contributed by atoms with Gasteiger partial charge in [-0.05, 0) is 52.2 Å². The van der Waals surface area contributed by atoms with Crippen LogP contribution in [0.2, 0.25) is 0 Å². The van der Waals surface area contributed by atoms with Crippen LogP contribution in [-0.2, 0) is 19.6 Å². The first kappa shape index (κ1) is 20.6. The van der Waals surface area contributed by atoms with Crippen LogP contribution >= 0.6 is 0 Å². The van der Waals surface area contributed by atoms with Gasteiger partial charge in [0.1, 0.15) is 5.60 Å². The molecule has 0 saturated carbocycles. The average molecular weight is 380 g/mol. The molecule has 0 bridgehead atoms. The summed E-state index contributed by atoms with van der Waals surface area (Å²) in [5.74, 6) is -0.204. The van der Waals surface area contributed by atoms with E-state index in [1.807, 2.05) is 20.8 Å². The molecule has 0 amide bonds. The first-order valence-corrected chi connectivity index (χ1v) is 10.4. The molecule has 0 spiro atoms. The Bertz CT molecular complexity index is 786. The molecule has 1 aliphatic heterocycles. The largest absolute Gasteiger partial charge is 0.457 e. The van der Waals surface area contributed by atoms with E-state index < -0.39 is 27.6 Å². The lowest BCUT2D eigenvalue weighted by Crippen LogP contribution is -2.40. The minimum absolute atomic E-state index is 0.183. The molecule has 0 fully saturated rings. The molecule has 1 heterocycles. The molecule has 1 aliphatic rings. The van der Waals surface area contributed by atoms with Crippen LogP contribution in [0.3, 0.4) is 0 Å². The van der Waals surface area contributed by atoms with Crippen LogP contribution in [-0.4, -0.2) is 36.9 Å². The number of carbonyl (C=O) groups excluding carboxylic acids is 1. The molecule has 144 valence electrons. The Kier molecular flexibility index (Phi) is 5.98. The van der Waals surface area contributed by atoms with Crippen molar-refractivity contribution in [3.63, 3.8) is 0 Å². The predicted octanol–water partition coefficient (Wildman–Crippen LogP) is 3.68. The highest BCUT2D eigenvalue weighted by Crippen LogP contribution is 2.32. The van der Waals surface area contributed by atoms with E-state index in [0.717, 1.165) is 5.56 Å². The number of nitrogens with zero attached hydrogens (tertiary/aromatic N) is 1. The molecule has 0 N–H and O–H groups in total. The van der Waals surface area contributed by atoms with Crippen LogP contribution in [0.1, 0.15) is 46.6 Å². The summed E-state index contributed by atoms with van der Waals surface area (Å²) in [5, 5.41) is 0. The van der Waals surface area contributed by atoms with E-state index in [1.165, 1.54) is 4.31 Å². The van der Waals surface area contributed by atoms with Gasteiger partial charge in [0, 0.05) is 6.54 Å². The zero-order valence-electron chi connectivity index (χ0n) is 16.4. The normalized spacial score (nSPS) is 18.9. The van der Waals surface area contributed by atoms with Crippen LogP contribution in [0.25, 0.3) is 0 Å². The summed E-state index contributed by atoms with van der Waals surface area (Å²) >= 11 is 0. The number of aryl methyl sites for hydroxylation is 1. The number of hydrogen-bond donors (Lipinski definition) is 0. The lowest BCUT2D eigenvalue weighted by Gasteiger charge is -2.28. The van der Waals surface area contributed by atoms with Crippen molar-refractivity contribution in [3.05, 3.63) is 41.5 Å². The Balaban J connectivity index is 2.34. The molecule has 26 heavy (non-hydrogen) atoms. The summed E-state index contributed by atoms with van der Waals surface area (Å²) in [6.45, 7) is 11.5. The number of ether oxygens (including phenoxy) is 1. The van der Waals surface area contributed by atoms with E-state index in [1.54, 1.807) is 51.1 Å². The fourth-order valence-corrected chi connectivity index (χ4v) is 4.52. The molecule has 6 heteroatoms. The van der Waals surface area contributed by atoms with E-state index in [-0.39, 0.29) is 17.4 Å². The van der Waals surface area contributed by atoms with Gasteiger partial charge in [0.05, 0.1) is 16.5 Å². The molecule has 0 saturated heterocycles. The molecule has 1 aromatic carbocycles. The van der Waals surface area contributed by atoms with Crippen LogP contribution < -0.4 is 0 Å². The van der Waals surface area contributed by atoms with Crippen molar-refractivity contribution in [3.8, 4) is 0 Å². The van der Waals surface area contributed by atoms with Gasteiger partial charge in [-0.15, -0.1) is 0 Å². The highest BCUT2D eigenvalue weighted by atomic mass is 32.2. The van der Waals surface area contributed by atoms with Gasteiger partial charge in [0.15, 0.2) is 0 Å². The Hall–Kier alpha value is -1.66. The second-order valence-electron chi connectivity index (χ2n) is 8.19. The highest BCUT2D eigenvalue weighted by molar-refractivity contribution is 7.89. The first-order valence-electron chi connectivity index (χ1n) is 8.93. The third-order valence-electron chi connectivity index (χ3n) is 4.15. The number of esters is 1. The number of benzene rings is 1. The molecule has 0 aliphatic carbocycles. The fraction of sp³-hybridized carbons (Fsp3) is 0.550.